The number of anilines is 1. The van der Waals surface area contributed by atoms with Crippen molar-refractivity contribution in [1.82, 2.24) is 0 Å². The number of amides is 1. The Morgan fingerprint density at radius 1 is 1.14 bits per heavy atom. The van der Waals surface area contributed by atoms with E-state index in [1.54, 1.807) is 56.7 Å². The van der Waals surface area contributed by atoms with Gasteiger partial charge in [0.05, 0.1) is 13.7 Å². The fourth-order valence-electron chi connectivity index (χ4n) is 1.92. The number of hydrogen-bond donors (Lipinski definition) is 1. The number of carbonyl (C=O) groups excluding carboxylic acids is 1. The first kappa shape index (κ1) is 15.4. The van der Waals surface area contributed by atoms with Crippen molar-refractivity contribution in [2.24, 2.45) is 0 Å². The summed E-state index contributed by atoms with van der Waals surface area (Å²) in [5.74, 6) is 0.497. The molecule has 2 aromatic rings. The third-order valence-electron chi connectivity index (χ3n) is 2.94. The first-order valence-electron chi connectivity index (χ1n) is 6.37. The van der Waals surface area contributed by atoms with Crippen LogP contribution in [-0.4, -0.2) is 20.1 Å². The molecule has 0 aromatic heterocycles. The molecule has 0 saturated heterocycles. The number of rotatable bonds is 5. The summed E-state index contributed by atoms with van der Waals surface area (Å²) >= 11 is 5.81. The standard InChI is InChI=1S/C16H16ClNO3/c1-20-10-12-9-11(3-8-15(12)21-2)16(19)18-14-6-4-13(17)5-7-14/h3-9H,10H2,1-2H3,(H,18,19). The number of methoxy groups -OCH3 is 2. The molecule has 0 saturated carbocycles. The van der Waals surface area contributed by atoms with Crippen LogP contribution in [0.1, 0.15) is 15.9 Å². The van der Waals surface area contributed by atoms with E-state index in [1.807, 2.05) is 0 Å². The predicted molar refractivity (Wildman–Crippen MR) is 83.1 cm³/mol. The van der Waals surface area contributed by atoms with Gasteiger partial charge in [0.1, 0.15) is 5.75 Å². The molecule has 4 nitrogen and oxygen atoms in total. The second kappa shape index (κ2) is 7.11. The van der Waals surface area contributed by atoms with Gasteiger partial charge in [-0.2, -0.15) is 0 Å². The minimum atomic E-state index is -0.197. The molecular formula is C16H16ClNO3. The molecule has 0 fully saturated rings. The summed E-state index contributed by atoms with van der Waals surface area (Å²) in [6, 6.07) is 12.2. The molecule has 2 aromatic carbocycles. The van der Waals surface area contributed by atoms with E-state index >= 15 is 0 Å². The predicted octanol–water partition coefficient (Wildman–Crippen LogP) is 3.75. The smallest absolute Gasteiger partial charge is 0.255 e. The van der Waals surface area contributed by atoms with E-state index < -0.39 is 0 Å². The molecule has 110 valence electrons. The fourth-order valence-corrected chi connectivity index (χ4v) is 2.05. The summed E-state index contributed by atoms with van der Waals surface area (Å²) in [5, 5.41) is 3.44. The summed E-state index contributed by atoms with van der Waals surface area (Å²) in [4.78, 5) is 12.2. The molecule has 1 amide bonds. The van der Waals surface area contributed by atoms with Gasteiger partial charge in [0.2, 0.25) is 0 Å². The lowest BCUT2D eigenvalue weighted by atomic mass is 10.1. The monoisotopic (exact) mass is 305 g/mol. The van der Waals surface area contributed by atoms with Crippen LogP contribution in [0.5, 0.6) is 5.75 Å². The van der Waals surface area contributed by atoms with Crippen LogP contribution in [0.3, 0.4) is 0 Å². The van der Waals surface area contributed by atoms with Crippen molar-refractivity contribution in [1.29, 1.82) is 0 Å². The number of nitrogens with one attached hydrogen (secondary N) is 1. The lowest BCUT2D eigenvalue weighted by Crippen LogP contribution is -2.12. The molecule has 0 aliphatic rings. The minimum absolute atomic E-state index is 0.197. The van der Waals surface area contributed by atoms with E-state index in [1.165, 1.54) is 0 Å². The quantitative estimate of drug-likeness (QED) is 0.915. The summed E-state index contributed by atoms with van der Waals surface area (Å²) in [6.07, 6.45) is 0. The highest BCUT2D eigenvalue weighted by molar-refractivity contribution is 6.30. The number of carbonyl (C=O) groups is 1. The maximum atomic E-state index is 12.2. The zero-order valence-electron chi connectivity index (χ0n) is 11.9. The van der Waals surface area contributed by atoms with E-state index in [-0.39, 0.29) is 5.91 Å². The van der Waals surface area contributed by atoms with Gasteiger partial charge in [-0.1, -0.05) is 11.6 Å². The topological polar surface area (TPSA) is 47.6 Å². The molecule has 0 atom stereocenters. The van der Waals surface area contributed by atoms with Gasteiger partial charge in [0.25, 0.3) is 5.91 Å². The molecule has 1 N–H and O–H groups in total. The van der Waals surface area contributed by atoms with Crippen molar-refractivity contribution >= 4 is 23.2 Å². The third kappa shape index (κ3) is 3.97. The highest BCUT2D eigenvalue weighted by Crippen LogP contribution is 2.21. The second-order valence-corrected chi connectivity index (χ2v) is 4.86. The van der Waals surface area contributed by atoms with Crippen LogP contribution in [0.15, 0.2) is 42.5 Å². The largest absolute Gasteiger partial charge is 0.496 e. The first-order chi connectivity index (χ1) is 10.1. The molecule has 0 radical (unpaired) electrons. The summed E-state index contributed by atoms with van der Waals surface area (Å²) < 4.78 is 10.3. The van der Waals surface area contributed by atoms with Gasteiger partial charge in [0, 0.05) is 28.9 Å². The van der Waals surface area contributed by atoms with Crippen LogP contribution in [-0.2, 0) is 11.3 Å². The van der Waals surface area contributed by atoms with Crippen LogP contribution < -0.4 is 10.1 Å². The Bertz CT molecular complexity index is 626. The van der Waals surface area contributed by atoms with Crippen molar-refractivity contribution in [3.63, 3.8) is 0 Å². The van der Waals surface area contributed by atoms with Gasteiger partial charge in [-0.3, -0.25) is 4.79 Å². The SMILES string of the molecule is COCc1cc(C(=O)Nc2ccc(Cl)cc2)ccc1OC. The van der Waals surface area contributed by atoms with Gasteiger partial charge in [-0.15, -0.1) is 0 Å². The Balaban J connectivity index is 2.18. The second-order valence-electron chi connectivity index (χ2n) is 4.42. The summed E-state index contributed by atoms with van der Waals surface area (Å²) in [6.45, 7) is 0.380. The number of halogens is 1. The highest BCUT2D eigenvalue weighted by atomic mass is 35.5. The molecule has 5 heteroatoms. The highest BCUT2D eigenvalue weighted by Gasteiger charge is 2.10. The van der Waals surface area contributed by atoms with Crippen molar-refractivity contribution in [2.75, 3.05) is 19.5 Å². The normalized spacial score (nSPS) is 10.2. The zero-order chi connectivity index (χ0) is 15.2. The van der Waals surface area contributed by atoms with Gasteiger partial charge in [0.15, 0.2) is 0 Å². The summed E-state index contributed by atoms with van der Waals surface area (Å²) in [7, 11) is 3.18. The Morgan fingerprint density at radius 2 is 1.86 bits per heavy atom. The Labute approximate surface area is 128 Å². The van der Waals surface area contributed by atoms with Crippen LogP contribution in [0.4, 0.5) is 5.69 Å². The van der Waals surface area contributed by atoms with E-state index in [2.05, 4.69) is 5.32 Å². The van der Waals surface area contributed by atoms with Gasteiger partial charge in [-0.25, -0.2) is 0 Å². The number of ether oxygens (including phenoxy) is 2. The van der Waals surface area contributed by atoms with E-state index in [0.29, 0.717) is 28.6 Å². The lowest BCUT2D eigenvalue weighted by molar-refractivity contribution is 0.102. The van der Waals surface area contributed by atoms with E-state index in [4.69, 9.17) is 21.1 Å². The molecule has 0 bridgehead atoms. The number of benzene rings is 2. The van der Waals surface area contributed by atoms with Crippen LogP contribution in [0.25, 0.3) is 0 Å². The zero-order valence-corrected chi connectivity index (χ0v) is 12.6. The lowest BCUT2D eigenvalue weighted by Gasteiger charge is -2.10. The van der Waals surface area contributed by atoms with E-state index in [0.717, 1.165) is 5.56 Å². The maximum Gasteiger partial charge on any atom is 0.255 e. The van der Waals surface area contributed by atoms with Crippen LogP contribution in [0, 0.1) is 0 Å². The van der Waals surface area contributed by atoms with E-state index in [9.17, 15) is 4.79 Å². The molecule has 0 aliphatic heterocycles. The molecule has 0 spiro atoms. The van der Waals surface area contributed by atoms with Gasteiger partial charge in [-0.05, 0) is 42.5 Å². The average Bonchev–Trinajstić information content (AvgIpc) is 2.50. The first-order valence-corrected chi connectivity index (χ1v) is 6.74. The van der Waals surface area contributed by atoms with Crippen molar-refractivity contribution in [3.05, 3.63) is 58.6 Å². The maximum absolute atomic E-state index is 12.2. The Hall–Kier alpha value is -2.04. The van der Waals surface area contributed by atoms with Crippen LogP contribution >= 0.6 is 11.6 Å². The average molecular weight is 306 g/mol. The Morgan fingerprint density at radius 3 is 2.48 bits per heavy atom. The minimum Gasteiger partial charge on any atom is -0.496 e. The van der Waals surface area contributed by atoms with Crippen molar-refractivity contribution in [2.45, 2.75) is 6.61 Å². The summed E-state index contributed by atoms with van der Waals surface area (Å²) in [5.41, 5.74) is 2.05. The molecule has 21 heavy (non-hydrogen) atoms. The van der Waals surface area contributed by atoms with Gasteiger partial charge >= 0.3 is 0 Å². The molecule has 2 rings (SSSR count). The molecule has 0 unspecified atom stereocenters. The van der Waals surface area contributed by atoms with Crippen molar-refractivity contribution < 1.29 is 14.3 Å². The van der Waals surface area contributed by atoms with Gasteiger partial charge < -0.3 is 14.8 Å². The fraction of sp³-hybridized carbons (Fsp3) is 0.188. The van der Waals surface area contributed by atoms with Crippen molar-refractivity contribution in [3.8, 4) is 5.75 Å². The Kier molecular flexibility index (Phi) is 5.20. The third-order valence-corrected chi connectivity index (χ3v) is 3.20. The molecule has 0 heterocycles. The van der Waals surface area contributed by atoms with Crippen LogP contribution in [0.2, 0.25) is 5.02 Å². The molecular weight excluding hydrogens is 290 g/mol. The number of hydrogen-bond acceptors (Lipinski definition) is 3. The molecule has 0 aliphatic carbocycles.